The molecule has 0 aliphatic rings. The molecule has 20 heavy (non-hydrogen) atoms. The van der Waals surface area contributed by atoms with Crippen molar-refractivity contribution in [2.24, 2.45) is 0 Å². The molecule has 0 aliphatic heterocycles. The van der Waals surface area contributed by atoms with Crippen molar-refractivity contribution < 1.29 is 0 Å². The summed E-state index contributed by atoms with van der Waals surface area (Å²) in [6.45, 7) is 0. The Kier molecular flexibility index (Phi) is 2.44. The van der Waals surface area contributed by atoms with Gasteiger partial charge in [-0.3, -0.25) is 4.79 Å². The highest BCUT2D eigenvalue weighted by Gasteiger charge is 2.08. The van der Waals surface area contributed by atoms with Gasteiger partial charge in [0, 0.05) is 17.0 Å². The monoisotopic (exact) mass is 278 g/mol. The molecule has 4 heteroatoms. The Morgan fingerprint density at radius 1 is 1.00 bits per heavy atom. The minimum absolute atomic E-state index is 0.0219. The number of benzene rings is 2. The zero-order chi connectivity index (χ0) is 13.5. The standard InChI is InChI=1S/C16H10N2OS/c19-14-9-13(17-11-6-2-1-5-10(11)14)16-18-12-7-3-4-8-15(12)20-16/h1-9H,(H,17,19). The normalized spacial score (nSPS) is 11.2. The van der Waals surface area contributed by atoms with Crippen LogP contribution in [0.1, 0.15) is 0 Å². The Balaban J connectivity index is 1.99. The van der Waals surface area contributed by atoms with Crippen LogP contribution < -0.4 is 5.43 Å². The minimum atomic E-state index is 0.0219. The number of thiazole rings is 1. The lowest BCUT2D eigenvalue weighted by molar-refractivity contribution is 1.35. The topological polar surface area (TPSA) is 45.8 Å². The van der Waals surface area contributed by atoms with Crippen molar-refractivity contribution in [3.05, 3.63) is 64.8 Å². The fourth-order valence-corrected chi connectivity index (χ4v) is 3.24. The molecule has 0 spiro atoms. The highest BCUT2D eigenvalue weighted by molar-refractivity contribution is 7.21. The van der Waals surface area contributed by atoms with Crippen molar-refractivity contribution in [1.82, 2.24) is 9.97 Å². The van der Waals surface area contributed by atoms with Crippen molar-refractivity contribution in [2.75, 3.05) is 0 Å². The Bertz CT molecular complexity index is 951. The third-order valence-electron chi connectivity index (χ3n) is 3.26. The quantitative estimate of drug-likeness (QED) is 0.575. The van der Waals surface area contributed by atoms with E-state index in [0.717, 1.165) is 26.4 Å². The van der Waals surface area contributed by atoms with Gasteiger partial charge in [0.25, 0.3) is 0 Å². The van der Waals surface area contributed by atoms with E-state index in [4.69, 9.17) is 0 Å². The van der Waals surface area contributed by atoms with Crippen molar-refractivity contribution in [1.29, 1.82) is 0 Å². The van der Waals surface area contributed by atoms with Gasteiger partial charge in [0.15, 0.2) is 5.43 Å². The van der Waals surface area contributed by atoms with E-state index >= 15 is 0 Å². The SMILES string of the molecule is O=c1cc(-c2nc3ccccc3s2)[nH]c2ccccc12. The molecule has 2 aromatic carbocycles. The molecule has 0 bridgehead atoms. The lowest BCUT2D eigenvalue weighted by atomic mass is 10.2. The number of hydrogen-bond acceptors (Lipinski definition) is 3. The molecule has 3 nitrogen and oxygen atoms in total. The lowest BCUT2D eigenvalue weighted by Crippen LogP contribution is -2.02. The second kappa shape index (κ2) is 4.28. The number of aromatic nitrogens is 2. The van der Waals surface area contributed by atoms with Gasteiger partial charge in [-0.1, -0.05) is 24.3 Å². The first-order valence-corrected chi connectivity index (χ1v) is 7.11. The predicted octanol–water partition coefficient (Wildman–Crippen LogP) is 3.80. The summed E-state index contributed by atoms with van der Waals surface area (Å²) in [4.78, 5) is 20.0. The van der Waals surface area contributed by atoms with Crippen LogP contribution in [0.4, 0.5) is 0 Å². The first-order chi connectivity index (χ1) is 9.81. The molecule has 4 aromatic rings. The summed E-state index contributed by atoms with van der Waals surface area (Å²) in [5, 5.41) is 1.55. The molecule has 2 aromatic heterocycles. The molecule has 0 aliphatic carbocycles. The predicted molar refractivity (Wildman–Crippen MR) is 83.2 cm³/mol. The average molecular weight is 278 g/mol. The van der Waals surface area contributed by atoms with Crippen LogP contribution in [0.25, 0.3) is 31.8 Å². The van der Waals surface area contributed by atoms with Gasteiger partial charge in [-0.2, -0.15) is 0 Å². The molecular weight excluding hydrogens is 268 g/mol. The fraction of sp³-hybridized carbons (Fsp3) is 0. The van der Waals surface area contributed by atoms with Gasteiger partial charge in [0.2, 0.25) is 0 Å². The van der Waals surface area contributed by atoms with E-state index in [2.05, 4.69) is 9.97 Å². The Labute approximate surface area is 118 Å². The maximum atomic E-state index is 12.1. The Morgan fingerprint density at radius 2 is 1.80 bits per heavy atom. The summed E-state index contributed by atoms with van der Waals surface area (Å²) in [7, 11) is 0. The summed E-state index contributed by atoms with van der Waals surface area (Å²) in [5.74, 6) is 0. The van der Waals surface area contributed by atoms with Crippen LogP contribution in [0.5, 0.6) is 0 Å². The van der Waals surface area contributed by atoms with E-state index in [1.54, 1.807) is 17.4 Å². The van der Waals surface area contributed by atoms with Gasteiger partial charge in [0.05, 0.1) is 15.9 Å². The van der Waals surface area contributed by atoms with Crippen LogP contribution in [0.15, 0.2) is 59.4 Å². The van der Waals surface area contributed by atoms with Crippen LogP contribution in [-0.2, 0) is 0 Å². The second-order valence-electron chi connectivity index (χ2n) is 4.58. The molecule has 0 saturated heterocycles. The molecule has 1 N–H and O–H groups in total. The molecule has 0 radical (unpaired) electrons. The average Bonchev–Trinajstić information content (AvgIpc) is 2.91. The number of H-pyrrole nitrogens is 1. The van der Waals surface area contributed by atoms with Gasteiger partial charge in [-0.15, -0.1) is 11.3 Å². The molecule has 0 atom stereocenters. The molecule has 0 fully saturated rings. The molecule has 0 saturated carbocycles. The van der Waals surface area contributed by atoms with Crippen LogP contribution in [0.2, 0.25) is 0 Å². The van der Waals surface area contributed by atoms with Crippen LogP contribution in [0, 0.1) is 0 Å². The van der Waals surface area contributed by atoms with E-state index in [1.165, 1.54) is 0 Å². The van der Waals surface area contributed by atoms with Gasteiger partial charge < -0.3 is 4.98 Å². The maximum absolute atomic E-state index is 12.1. The van der Waals surface area contributed by atoms with E-state index in [0.29, 0.717) is 5.39 Å². The zero-order valence-corrected chi connectivity index (χ0v) is 11.3. The van der Waals surface area contributed by atoms with Crippen molar-refractivity contribution in [2.45, 2.75) is 0 Å². The smallest absolute Gasteiger partial charge is 0.190 e. The van der Waals surface area contributed by atoms with E-state index in [1.807, 2.05) is 48.5 Å². The third kappa shape index (κ3) is 1.73. The van der Waals surface area contributed by atoms with Gasteiger partial charge in [0.1, 0.15) is 5.01 Å². The number of nitrogens with one attached hydrogen (secondary N) is 1. The van der Waals surface area contributed by atoms with Gasteiger partial charge >= 0.3 is 0 Å². The summed E-state index contributed by atoms with van der Waals surface area (Å²) >= 11 is 1.59. The number of rotatable bonds is 1. The van der Waals surface area contributed by atoms with E-state index in [9.17, 15) is 4.79 Å². The number of pyridine rings is 1. The van der Waals surface area contributed by atoms with Crippen LogP contribution in [-0.4, -0.2) is 9.97 Å². The summed E-state index contributed by atoms with van der Waals surface area (Å²) in [6.07, 6.45) is 0. The fourth-order valence-electron chi connectivity index (χ4n) is 2.30. The molecule has 2 heterocycles. The second-order valence-corrected chi connectivity index (χ2v) is 5.61. The first kappa shape index (κ1) is 11.4. The first-order valence-electron chi connectivity index (χ1n) is 6.29. The molecule has 0 amide bonds. The number of hydrogen-bond donors (Lipinski definition) is 1. The molecule has 4 rings (SSSR count). The number of para-hydroxylation sites is 2. The maximum Gasteiger partial charge on any atom is 0.190 e. The van der Waals surface area contributed by atoms with Crippen LogP contribution in [0.3, 0.4) is 0 Å². The minimum Gasteiger partial charge on any atom is -0.352 e. The van der Waals surface area contributed by atoms with E-state index < -0.39 is 0 Å². The highest BCUT2D eigenvalue weighted by atomic mass is 32.1. The summed E-state index contributed by atoms with van der Waals surface area (Å²) in [6, 6.07) is 17.1. The Morgan fingerprint density at radius 3 is 2.70 bits per heavy atom. The number of fused-ring (bicyclic) bond motifs is 2. The zero-order valence-electron chi connectivity index (χ0n) is 10.5. The Hall–Kier alpha value is -2.46. The molecule has 0 unspecified atom stereocenters. The van der Waals surface area contributed by atoms with Crippen LogP contribution >= 0.6 is 11.3 Å². The summed E-state index contributed by atoms with van der Waals surface area (Å²) in [5.41, 5.74) is 2.60. The van der Waals surface area contributed by atoms with E-state index in [-0.39, 0.29) is 5.43 Å². The van der Waals surface area contributed by atoms with Crippen molar-refractivity contribution in [3.63, 3.8) is 0 Å². The third-order valence-corrected chi connectivity index (χ3v) is 4.33. The highest BCUT2D eigenvalue weighted by Crippen LogP contribution is 2.28. The number of aromatic amines is 1. The largest absolute Gasteiger partial charge is 0.352 e. The van der Waals surface area contributed by atoms with Gasteiger partial charge in [-0.05, 0) is 24.3 Å². The summed E-state index contributed by atoms with van der Waals surface area (Å²) < 4.78 is 1.12. The number of nitrogens with zero attached hydrogens (tertiary/aromatic N) is 1. The van der Waals surface area contributed by atoms with Crippen molar-refractivity contribution >= 4 is 32.5 Å². The van der Waals surface area contributed by atoms with Gasteiger partial charge in [-0.25, -0.2) is 4.98 Å². The van der Waals surface area contributed by atoms with Crippen molar-refractivity contribution in [3.8, 4) is 10.7 Å². The molecular formula is C16H10N2OS. The lowest BCUT2D eigenvalue weighted by Gasteiger charge is -2.00. The molecule has 96 valence electrons.